The minimum Gasteiger partial charge on any atom is -0.490 e. The molecule has 0 bridgehead atoms. The standard InChI is InChI=1S/C26H32ClFN4O3.H2S/c1-13(2)35-24-18(14(3)26-31-15(4)23-25(29)30-9-10-32(23)26)12-19(27)22(28)21(24)20(34)11-16-5-7-17(33)8-6-16;/h9-10,12-14,16-17,33H,5-8,11H2,1-4H3,(H2,29,30);1H2/t14-,16?,17?;/m0./s1. The smallest absolute Gasteiger partial charge is 0.169 e. The topological polar surface area (TPSA) is 103 Å². The van der Waals surface area contributed by atoms with E-state index in [1.54, 1.807) is 12.4 Å². The molecule has 7 nitrogen and oxygen atoms in total. The number of carbonyl (C=O) groups excluding carboxylic acids is 1. The van der Waals surface area contributed by atoms with Gasteiger partial charge in [-0.05, 0) is 58.4 Å². The minimum atomic E-state index is -0.767. The van der Waals surface area contributed by atoms with Crippen molar-refractivity contribution < 1.29 is 19.0 Å². The first-order chi connectivity index (χ1) is 16.6. The number of anilines is 1. The lowest BCUT2D eigenvalue weighted by atomic mass is 9.83. The summed E-state index contributed by atoms with van der Waals surface area (Å²) in [6.07, 6.45) is 5.69. The number of hydrogen-bond acceptors (Lipinski definition) is 6. The number of aryl methyl sites for hydroxylation is 1. The Kier molecular flexibility index (Phi) is 8.90. The Morgan fingerprint density at radius 2 is 1.97 bits per heavy atom. The van der Waals surface area contributed by atoms with Crippen LogP contribution in [0.4, 0.5) is 10.2 Å². The van der Waals surface area contributed by atoms with Gasteiger partial charge in [-0.15, -0.1) is 0 Å². The third-order valence-corrected chi connectivity index (χ3v) is 7.04. The number of nitrogen functional groups attached to an aromatic ring is 1. The van der Waals surface area contributed by atoms with Gasteiger partial charge in [0.1, 0.15) is 22.9 Å². The summed E-state index contributed by atoms with van der Waals surface area (Å²) >= 11 is 6.34. The van der Waals surface area contributed by atoms with Crippen LogP contribution in [0.5, 0.6) is 5.75 Å². The van der Waals surface area contributed by atoms with E-state index in [1.165, 1.54) is 6.07 Å². The molecule has 2 aromatic heterocycles. The summed E-state index contributed by atoms with van der Waals surface area (Å²) < 4.78 is 23.4. The van der Waals surface area contributed by atoms with Crippen molar-refractivity contribution >= 4 is 42.2 Å². The van der Waals surface area contributed by atoms with Crippen LogP contribution >= 0.6 is 25.1 Å². The fourth-order valence-corrected chi connectivity index (χ4v) is 5.20. The van der Waals surface area contributed by atoms with Crippen LogP contribution in [0.3, 0.4) is 0 Å². The molecule has 196 valence electrons. The molecule has 2 heterocycles. The van der Waals surface area contributed by atoms with Gasteiger partial charge in [0.15, 0.2) is 11.6 Å². The molecule has 4 rings (SSSR count). The average molecular weight is 537 g/mol. The number of halogens is 2. The molecule has 10 heteroatoms. The molecule has 1 fully saturated rings. The van der Waals surface area contributed by atoms with Gasteiger partial charge >= 0.3 is 0 Å². The van der Waals surface area contributed by atoms with Gasteiger partial charge < -0.3 is 15.6 Å². The van der Waals surface area contributed by atoms with Crippen LogP contribution < -0.4 is 10.5 Å². The van der Waals surface area contributed by atoms with E-state index in [-0.39, 0.29) is 66.1 Å². The number of aliphatic hydroxyl groups is 1. The maximum atomic E-state index is 15.4. The second kappa shape index (κ2) is 11.4. The molecule has 1 aliphatic carbocycles. The summed E-state index contributed by atoms with van der Waals surface area (Å²) in [4.78, 5) is 22.3. The van der Waals surface area contributed by atoms with E-state index in [2.05, 4.69) is 4.98 Å². The number of aromatic nitrogens is 3. The van der Waals surface area contributed by atoms with Crippen LogP contribution in [-0.4, -0.2) is 37.5 Å². The van der Waals surface area contributed by atoms with Crippen molar-refractivity contribution in [3.63, 3.8) is 0 Å². The lowest BCUT2D eigenvalue weighted by Gasteiger charge is -2.26. The number of nitrogens with zero attached hydrogens (tertiary/aromatic N) is 3. The predicted molar refractivity (Wildman–Crippen MR) is 144 cm³/mol. The number of carbonyl (C=O) groups is 1. The van der Waals surface area contributed by atoms with Crippen LogP contribution in [0.25, 0.3) is 5.52 Å². The molecule has 36 heavy (non-hydrogen) atoms. The number of ether oxygens (including phenoxy) is 1. The number of hydrogen-bond donors (Lipinski definition) is 2. The lowest BCUT2D eigenvalue weighted by molar-refractivity contribution is 0.0851. The highest BCUT2D eigenvalue weighted by Crippen LogP contribution is 2.41. The van der Waals surface area contributed by atoms with Crippen LogP contribution in [0.2, 0.25) is 5.02 Å². The first-order valence-electron chi connectivity index (χ1n) is 12.1. The van der Waals surface area contributed by atoms with Crippen LogP contribution in [0.1, 0.15) is 86.2 Å². The zero-order chi connectivity index (χ0) is 25.4. The van der Waals surface area contributed by atoms with E-state index >= 15 is 4.39 Å². The number of Topliss-reactive ketones (excluding diaryl/α,β-unsaturated/α-hetero) is 1. The van der Waals surface area contributed by atoms with Crippen molar-refractivity contribution in [2.45, 2.75) is 77.9 Å². The largest absolute Gasteiger partial charge is 0.490 e. The Balaban J connectivity index is 0.00000361. The van der Waals surface area contributed by atoms with E-state index < -0.39 is 5.82 Å². The Morgan fingerprint density at radius 1 is 1.31 bits per heavy atom. The number of nitrogens with two attached hydrogens (primary N) is 1. The zero-order valence-corrected chi connectivity index (χ0v) is 22.8. The number of imidazole rings is 1. The Bertz CT molecular complexity index is 1260. The number of aliphatic hydroxyl groups excluding tert-OH is 1. The van der Waals surface area contributed by atoms with Gasteiger partial charge in [-0.1, -0.05) is 18.5 Å². The van der Waals surface area contributed by atoms with E-state index in [0.29, 0.717) is 41.3 Å². The highest BCUT2D eigenvalue weighted by Gasteiger charge is 2.31. The molecule has 1 aliphatic rings. The van der Waals surface area contributed by atoms with E-state index in [0.717, 1.165) is 12.8 Å². The lowest BCUT2D eigenvalue weighted by Crippen LogP contribution is -2.22. The monoisotopic (exact) mass is 536 g/mol. The SMILES string of the molecule is Cc1nc([C@@H](C)c2cc(Cl)c(F)c(C(=O)CC3CCC(O)CC3)c2OC(C)C)n2ccnc(N)c12.S. The van der Waals surface area contributed by atoms with Crippen molar-refractivity contribution in [3.8, 4) is 5.75 Å². The third kappa shape index (κ3) is 5.48. The molecular formula is C26H34ClFN4O3S. The van der Waals surface area contributed by atoms with E-state index in [1.807, 2.05) is 32.1 Å². The summed E-state index contributed by atoms with van der Waals surface area (Å²) in [5.41, 5.74) is 7.96. The fraction of sp³-hybridized carbons (Fsp3) is 0.500. The Morgan fingerprint density at radius 3 is 2.61 bits per heavy atom. The predicted octanol–water partition coefficient (Wildman–Crippen LogP) is 5.59. The molecule has 3 aromatic rings. The normalized spacial score (nSPS) is 18.8. The van der Waals surface area contributed by atoms with Crippen LogP contribution in [0.15, 0.2) is 18.5 Å². The zero-order valence-electron chi connectivity index (χ0n) is 21.0. The number of benzene rings is 1. The second-order valence-electron chi connectivity index (χ2n) is 9.74. The Hall–Kier alpha value is -2.36. The van der Waals surface area contributed by atoms with Crippen molar-refractivity contribution in [2.75, 3.05) is 5.73 Å². The fourth-order valence-electron chi connectivity index (χ4n) is 4.99. The van der Waals surface area contributed by atoms with Gasteiger partial charge in [0, 0.05) is 30.3 Å². The summed E-state index contributed by atoms with van der Waals surface area (Å²) in [6.45, 7) is 7.43. The summed E-state index contributed by atoms with van der Waals surface area (Å²) in [5.74, 6) is -0.188. The number of ketones is 1. The molecule has 0 radical (unpaired) electrons. The van der Waals surface area contributed by atoms with Crippen molar-refractivity contribution in [1.82, 2.24) is 14.4 Å². The summed E-state index contributed by atoms with van der Waals surface area (Å²) in [6, 6.07) is 1.52. The van der Waals surface area contributed by atoms with E-state index in [4.69, 9.17) is 27.1 Å². The molecule has 0 saturated heterocycles. The van der Waals surface area contributed by atoms with Gasteiger partial charge in [0.25, 0.3) is 0 Å². The van der Waals surface area contributed by atoms with Crippen LogP contribution in [0, 0.1) is 18.7 Å². The summed E-state index contributed by atoms with van der Waals surface area (Å²) in [5, 5.41) is 9.66. The number of fused-ring (bicyclic) bond motifs is 1. The molecular weight excluding hydrogens is 503 g/mol. The van der Waals surface area contributed by atoms with Gasteiger partial charge in [0.2, 0.25) is 0 Å². The molecule has 0 aliphatic heterocycles. The van der Waals surface area contributed by atoms with E-state index in [9.17, 15) is 9.90 Å². The maximum absolute atomic E-state index is 15.4. The van der Waals surface area contributed by atoms with Gasteiger partial charge in [-0.3, -0.25) is 9.20 Å². The third-order valence-electron chi connectivity index (χ3n) is 6.76. The molecule has 0 spiro atoms. The van der Waals surface area contributed by atoms with Gasteiger partial charge in [0.05, 0.1) is 28.5 Å². The molecule has 1 saturated carbocycles. The van der Waals surface area contributed by atoms with Gasteiger partial charge in [-0.25, -0.2) is 14.4 Å². The first-order valence-corrected chi connectivity index (χ1v) is 12.4. The minimum absolute atomic E-state index is 0. The Labute approximate surface area is 222 Å². The molecule has 1 aromatic carbocycles. The molecule has 1 atom stereocenters. The first kappa shape index (κ1) is 28.2. The van der Waals surface area contributed by atoms with Crippen molar-refractivity contribution in [2.24, 2.45) is 5.92 Å². The molecule has 0 amide bonds. The highest BCUT2D eigenvalue weighted by atomic mass is 35.5. The van der Waals surface area contributed by atoms with Gasteiger partial charge in [-0.2, -0.15) is 13.5 Å². The average Bonchev–Trinajstić information content (AvgIpc) is 3.14. The number of rotatable bonds is 7. The molecule has 3 N–H and O–H groups in total. The quantitative estimate of drug-likeness (QED) is 0.382. The maximum Gasteiger partial charge on any atom is 0.169 e. The summed E-state index contributed by atoms with van der Waals surface area (Å²) in [7, 11) is 0. The van der Waals surface area contributed by atoms with Crippen molar-refractivity contribution in [3.05, 3.63) is 51.9 Å². The second-order valence-corrected chi connectivity index (χ2v) is 10.1. The molecule has 0 unspecified atom stereocenters. The highest BCUT2D eigenvalue weighted by molar-refractivity contribution is 7.59. The van der Waals surface area contributed by atoms with Crippen molar-refractivity contribution in [1.29, 1.82) is 0 Å². The van der Waals surface area contributed by atoms with Crippen LogP contribution in [-0.2, 0) is 0 Å².